The lowest BCUT2D eigenvalue weighted by Gasteiger charge is -2.46. The van der Waals surface area contributed by atoms with E-state index in [2.05, 4.69) is 121 Å². The van der Waals surface area contributed by atoms with Gasteiger partial charge in [0.15, 0.2) is 0 Å². The molecule has 4 aromatic carbocycles. The third-order valence-corrected chi connectivity index (χ3v) is 7.51. The van der Waals surface area contributed by atoms with E-state index in [4.69, 9.17) is 0 Å². The zero-order valence-electron chi connectivity index (χ0n) is 16.5. The number of fused-ring (bicyclic) bond motifs is 9. The van der Waals surface area contributed by atoms with Crippen molar-refractivity contribution in [1.29, 1.82) is 0 Å². The lowest BCUT2D eigenvalue weighted by Crippen LogP contribution is -2.40. The van der Waals surface area contributed by atoms with Crippen LogP contribution in [-0.2, 0) is 10.8 Å². The van der Waals surface area contributed by atoms with E-state index in [1.54, 1.807) is 0 Å². The summed E-state index contributed by atoms with van der Waals surface area (Å²) in [6, 6.07) is 33.8. The van der Waals surface area contributed by atoms with Crippen molar-refractivity contribution in [1.82, 2.24) is 0 Å². The lowest BCUT2D eigenvalue weighted by molar-refractivity contribution is 0.563. The molecule has 1 spiro atoms. The molecule has 0 bridgehead atoms. The van der Waals surface area contributed by atoms with Gasteiger partial charge in [-0.2, -0.15) is 0 Å². The predicted octanol–water partition coefficient (Wildman–Crippen LogP) is 7.45. The van der Waals surface area contributed by atoms with Crippen molar-refractivity contribution >= 4 is 15.9 Å². The smallest absolute Gasteiger partial charge is 0.0619 e. The normalized spacial score (nSPS) is 16.7. The Labute approximate surface area is 180 Å². The van der Waals surface area contributed by atoms with Crippen LogP contribution >= 0.6 is 15.9 Å². The minimum Gasteiger partial charge on any atom is -0.0619 e. The summed E-state index contributed by atoms with van der Waals surface area (Å²) >= 11 is 3.78. The van der Waals surface area contributed by atoms with Gasteiger partial charge < -0.3 is 0 Å². The summed E-state index contributed by atoms with van der Waals surface area (Å²) in [6.07, 6.45) is 0. The first-order valence-electron chi connectivity index (χ1n) is 10.2. The van der Waals surface area contributed by atoms with E-state index in [-0.39, 0.29) is 10.8 Å². The highest BCUT2D eigenvalue weighted by Crippen LogP contribution is 2.62. The first kappa shape index (κ1) is 17.2. The van der Waals surface area contributed by atoms with E-state index in [0.717, 1.165) is 4.47 Å². The van der Waals surface area contributed by atoms with Crippen molar-refractivity contribution < 1.29 is 0 Å². The van der Waals surface area contributed by atoms with Crippen molar-refractivity contribution in [3.8, 4) is 11.1 Å². The maximum atomic E-state index is 3.78. The third kappa shape index (κ3) is 1.99. The summed E-state index contributed by atoms with van der Waals surface area (Å²) in [7, 11) is 0. The van der Waals surface area contributed by atoms with E-state index in [9.17, 15) is 0 Å². The Balaban J connectivity index is 1.89. The van der Waals surface area contributed by atoms with Crippen molar-refractivity contribution in [2.75, 3.05) is 0 Å². The van der Waals surface area contributed by atoms with E-state index < -0.39 is 0 Å². The van der Waals surface area contributed by atoms with E-state index in [1.807, 2.05) is 0 Å². The number of rotatable bonds is 0. The Bertz CT molecular complexity index is 1250. The van der Waals surface area contributed by atoms with Gasteiger partial charge in [0, 0.05) is 9.89 Å². The van der Waals surface area contributed by atoms with Gasteiger partial charge >= 0.3 is 0 Å². The highest BCUT2D eigenvalue weighted by molar-refractivity contribution is 9.10. The minimum atomic E-state index is -0.279. The Morgan fingerprint density at radius 3 is 1.62 bits per heavy atom. The molecule has 0 aromatic heterocycles. The summed E-state index contributed by atoms with van der Waals surface area (Å²) in [5.41, 5.74) is 10.8. The highest BCUT2D eigenvalue weighted by atomic mass is 79.9. The molecule has 4 aromatic rings. The molecule has 0 saturated heterocycles. The van der Waals surface area contributed by atoms with Gasteiger partial charge in [0.1, 0.15) is 0 Å². The van der Waals surface area contributed by atoms with Crippen LogP contribution in [0.5, 0.6) is 0 Å². The van der Waals surface area contributed by atoms with Crippen LogP contribution in [0.3, 0.4) is 0 Å². The quantitative estimate of drug-likeness (QED) is 0.236. The van der Waals surface area contributed by atoms with Crippen LogP contribution in [0.4, 0.5) is 0 Å². The van der Waals surface area contributed by atoms with Crippen LogP contribution in [0, 0.1) is 0 Å². The van der Waals surface area contributed by atoms with Crippen LogP contribution in [0.2, 0.25) is 0 Å². The van der Waals surface area contributed by atoms with Crippen LogP contribution in [0.1, 0.15) is 47.2 Å². The standard InChI is InChI=1S/C28H21Br/c1-27(2)23-13-7-8-14-25(23)28(26-17-18(29)15-16-24(26)27)21-11-5-3-9-19(21)20-10-4-6-12-22(20)28/h3-17H,1-2H3. The Morgan fingerprint density at radius 2 is 1.00 bits per heavy atom. The molecular weight excluding hydrogens is 416 g/mol. The number of hydrogen-bond donors (Lipinski definition) is 0. The molecule has 0 amide bonds. The fourth-order valence-corrected chi connectivity index (χ4v) is 6.19. The summed E-state index contributed by atoms with van der Waals surface area (Å²) in [4.78, 5) is 0. The van der Waals surface area contributed by atoms with Gasteiger partial charge in [0.25, 0.3) is 0 Å². The second-order valence-corrected chi connectivity index (χ2v) is 9.62. The van der Waals surface area contributed by atoms with E-state index in [1.165, 1.54) is 44.5 Å². The van der Waals surface area contributed by atoms with Crippen molar-refractivity contribution in [2.24, 2.45) is 0 Å². The highest BCUT2D eigenvalue weighted by Gasteiger charge is 2.53. The number of halogens is 1. The van der Waals surface area contributed by atoms with Crippen molar-refractivity contribution in [2.45, 2.75) is 24.7 Å². The molecule has 0 unspecified atom stereocenters. The lowest BCUT2D eigenvalue weighted by atomic mass is 9.55. The first-order valence-corrected chi connectivity index (χ1v) is 11.0. The second kappa shape index (κ2) is 5.70. The fourth-order valence-electron chi connectivity index (χ4n) is 5.83. The number of benzene rings is 4. The first-order chi connectivity index (χ1) is 14.1. The summed E-state index contributed by atoms with van der Waals surface area (Å²) < 4.78 is 1.13. The monoisotopic (exact) mass is 436 g/mol. The van der Waals surface area contributed by atoms with Crippen LogP contribution < -0.4 is 0 Å². The molecule has 2 aliphatic rings. The molecule has 140 valence electrons. The molecule has 0 atom stereocenters. The fraction of sp³-hybridized carbons (Fsp3) is 0.143. The molecule has 0 aliphatic heterocycles. The van der Waals surface area contributed by atoms with Crippen LogP contribution in [-0.4, -0.2) is 0 Å². The molecule has 0 fully saturated rings. The molecular formula is C28H21Br. The summed E-state index contributed by atoms with van der Waals surface area (Å²) in [5, 5.41) is 0. The predicted molar refractivity (Wildman–Crippen MR) is 124 cm³/mol. The molecule has 0 nitrogen and oxygen atoms in total. The Hall–Kier alpha value is -2.64. The van der Waals surface area contributed by atoms with Gasteiger partial charge in [-0.1, -0.05) is 109 Å². The van der Waals surface area contributed by atoms with Gasteiger partial charge in [-0.05, 0) is 56.6 Å². The van der Waals surface area contributed by atoms with Gasteiger partial charge in [0.2, 0.25) is 0 Å². The molecule has 2 aliphatic carbocycles. The minimum absolute atomic E-state index is 0.0512. The Morgan fingerprint density at radius 1 is 0.517 bits per heavy atom. The average molecular weight is 437 g/mol. The maximum Gasteiger partial charge on any atom is 0.0719 e. The second-order valence-electron chi connectivity index (χ2n) is 8.70. The Kier molecular flexibility index (Phi) is 3.39. The van der Waals surface area contributed by atoms with E-state index >= 15 is 0 Å². The molecule has 1 heteroatoms. The van der Waals surface area contributed by atoms with E-state index in [0.29, 0.717) is 0 Å². The van der Waals surface area contributed by atoms with Crippen LogP contribution in [0.25, 0.3) is 11.1 Å². The molecule has 0 heterocycles. The number of hydrogen-bond acceptors (Lipinski definition) is 0. The van der Waals surface area contributed by atoms with Crippen molar-refractivity contribution in [3.63, 3.8) is 0 Å². The summed E-state index contributed by atoms with van der Waals surface area (Å²) in [5.74, 6) is 0. The molecule has 0 radical (unpaired) electrons. The maximum absolute atomic E-state index is 3.78. The third-order valence-electron chi connectivity index (χ3n) is 7.02. The molecule has 0 N–H and O–H groups in total. The molecule has 29 heavy (non-hydrogen) atoms. The molecule has 0 saturated carbocycles. The van der Waals surface area contributed by atoms with Gasteiger partial charge in [-0.3, -0.25) is 0 Å². The SMILES string of the molecule is CC1(C)c2ccccc2C2(c3ccccc3-c3ccccc32)c2cc(Br)ccc21. The van der Waals surface area contributed by atoms with Crippen LogP contribution in [0.15, 0.2) is 95.5 Å². The van der Waals surface area contributed by atoms with Gasteiger partial charge in [-0.15, -0.1) is 0 Å². The molecule has 6 rings (SSSR count). The van der Waals surface area contributed by atoms with Crippen molar-refractivity contribution in [3.05, 3.63) is 129 Å². The largest absolute Gasteiger partial charge is 0.0719 e. The topological polar surface area (TPSA) is 0 Å². The average Bonchev–Trinajstić information content (AvgIpc) is 3.04. The van der Waals surface area contributed by atoms with Gasteiger partial charge in [0.05, 0.1) is 5.41 Å². The zero-order valence-corrected chi connectivity index (χ0v) is 18.1. The summed E-state index contributed by atoms with van der Waals surface area (Å²) in [6.45, 7) is 4.72. The zero-order chi connectivity index (χ0) is 19.8. The van der Waals surface area contributed by atoms with Gasteiger partial charge in [-0.25, -0.2) is 0 Å².